The summed E-state index contributed by atoms with van der Waals surface area (Å²) in [6.45, 7) is 9.10. The number of hydrogen-bond donors (Lipinski definition) is 1. The Morgan fingerprint density at radius 2 is 2.22 bits per heavy atom. The monoisotopic (exact) mass is 248 g/mol. The Morgan fingerprint density at radius 3 is 2.94 bits per heavy atom. The zero-order valence-corrected chi connectivity index (χ0v) is 11.7. The van der Waals surface area contributed by atoms with E-state index in [0.717, 1.165) is 32.8 Å². The lowest BCUT2D eigenvalue weighted by Gasteiger charge is -2.28. The van der Waals surface area contributed by atoms with Gasteiger partial charge in [0.2, 0.25) is 0 Å². The van der Waals surface area contributed by atoms with Gasteiger partial charge in [-0.25, -0.2) is 0 Å². The molecule has 0 amide bonds. The molecule has 1 aliphatic rings. The van der Waals surface area contributed by atoms with E-state index in [1.165, 1.54) is 16.7 Å². The van der Waals surface area contributed by atoms with Gasteiger partial charge in [0.1, 0.15) is 0 Å². The summed E-state index contributed by atoms with van der Waals surface area (Å²) in [6, 6.07) is 6.66. The van der Waals surface area contributed by atoms with Crippen LogP contribution in [0.1, 0.15) is 16.7 Å². The van der Waals surface area contributed by atoms with Gasteiger partial charge in [-0.1, -0.05) is 23.8 Å². The molecule has 0 bridgehead atoms. The van der Waals surface area contributed by atoms with Crippen LogP contribution < -0.4 is 5.32 Å². The molecular formula is C15H24N2O. The summed E-state index contributed by atoms with van der Waals surface area (Å²) in [7, 11) is 2.17. The molecule has 0 spiro atoms. The molecule has 1 saturated heterocycles. The second kappa shape index (κ2) is 6.32. The van der Waals surface area contributed by atoms with Gasteiger partial charge < -0.3 is 10.1 Å². The van der Waals surface area contributed by atoms with Crippen molar-refractivity contribution in [1.82, 2.24) is 10.2 Å². The van der Waals surface area contributed by atoms with Crippen molar-refractivity contribution >= 4 is 0 Å². The zero-order valence-electron chi connectivity index (χ0n) is 11.7. The normalized spacial score (nSPS) is 20.3. The van der Waals surface area contributed by atoms with Crippen LogP contribution in [0.2, 0.25) is 0 Å². The lowest BCUT2D eigenvalue weighted by Crippen LogP contribution is -2.44. The highest BCUT2D eigenvalue weighted by molar-refractivity contribution is 5.30. The molecule has 1 aliphatic heterocycles. The Labute approximate surface area is 110 Å². The van der Waals surface area contributed by atoms with E-state index in [2.05, 4.69) is 49.3 Å². The largest absolute Gasteiger partial charge is 0.374 e. The summed E-state index contributed by atoms with van der Waals surface area (Å²) in [4.78, 5) is 2.35. The molecule has 3 nitrogen and oxygen atoms in total. The van der Waals surface area contributed by atoms with Gasteiger partial charge >= 0.3 is 0 Å². The highest BCUT2D eigenvalue weighted by Crippen LogP contribution is 2.13. The van der Waals surface area contributed by atoms with Crippen molar-refractivity contribution < 1.29 is 4.74 Å². The molecule has 0 saturated carbocycles. The topological polar surface area (TPSA) is 24.5 Å². The Bertz CT molecular complexity index is 386. The first kappa shape index (κ1) is 13.5. The molecule has 1 fully saturated rings. The number of ether oxygens (including phenoxy) is 1. The second-order valence-corrected chi connectivity index (χ2v) is 5.32. The molecule has 3 heteroatoms. The number of likely N-dealkylation sites (N-methyl/N-ethyl adjacent to an activating group) is 1. The Kier molecular flexibility index (Phi) is 4.75. The van der Waals surface area contributed by atoms with Gasteiger partial charge in [-0.15, -0.1) is 0 Å². The number of aryl methyl sites for hydroxylation is 2. The minimum atomic E-state index is 0.328. The first-order valence-electron chi connectivity index (χ1n) is 6.72. The van der Waals surface area contributed by atoms with Gasteiger partial charge in [-0.2, -0.15) is 0 Å². The quantitative estimate of drug-likeness (QED) is 0.878. The van der Waals surface area contributed by atoms with E-state index < -0.39 is 0 Å². The van der Waals surface area contributed by atoms with Crippen LogP contribution in [0.25, 0.3) is 0 Å². The van der Waals surface area contributed by atoms with Crippen LogP contribution in [0.15, 0.2) is 18.2 Å². The molecule has 2 rings (SSSR count). The minimum absolute atomic E-state index is 0.328. The van der Waals surface area contributed by atoms with E-state index in [4.69, 9.17) is 4.74 Å². The van der Waals surface area contributed by atoms with Crippen LogP contribution in [-0.2, 0) is 11.3 Å². The predicted molar refractivity (Wildman–Crippen MR) is 74.9 cm³/mol. The third-order valence-electron chi connectivity index (χ3n) is 3.46. The van der Waals surface area contributed by atoms with Gasteiger partial charge in [0.25, 0.3) is 0 Å². The van der Waals surface area contributed by atoms with E-state index in [1.807, 2.05) is 0 Å². The van der Waals surface area contributed by atoms with Crippen molar-refractivity contribution in [1.29, 1.82) is 0 Å². The van der Waals surface area contributed by atoms with Crippen molar-refractivity contribution in [2.45, 2.75) is 26.5 Å². The van der Waals surface area contributed by atoms with Crippen LogP contribution in [0, 0.1) is 13.8 Å². The molecule has 1 aromatic rings. The average Bonchev–Trinajstić information content (AvgIpc) is 2.35. The molecule has 1 unspecified atom stereocenters. The van der Waals surface area contributed by atoms with Gasteiger partial charge in [0, 0.05) is 26.2 Å². The molecule has 1 atom stereocenters. The lowest BCUT2D eigenvalue weighted by atomic mass is 10.1. The van der Waals surface area contributed by atoms with E-state index in [1.54, 1.807) is 0 Å². The second-order valence-electron chi connectivity index (χ2n) is 5.32. The standard InChI is InChI=1S/C15H24N2O/c1-12-4-5-13(2)14(8-12)10-17(3)11-15-9-16-6-7-18-15/h4-5,8,15-16H,6-7,9-11H2,1-3H3. The summed E-state index contributed by atoms with van der Waals surface area (Å²) < 4.78 is 5.74. The molecular weight excluding hydrogens is 224 g/mol. The number of rotatable bonds is 4. The molecule has 18 heavy (non-hydrogen) atoms. The fraction of sp³-hybridized carbons (Fsp3) is 0.600. The van der Waals surface area contributed by atoms with Crippen molar-refractivity contribution in [2.24, 2.45) is 0 Å². The smallest absolute Gasteiger partial charge is 0.0826 e. The third-order valence-corrected chi connectivity index (χ3v) is 3.46. The zero-order chi connectivity index (χ0) is 13.0. The maximum Gasteiger partial charge on any atom is 0.0826 e. The molecule has 0 aromatic heterocycles. The number of morpholine rings is 1. The summed E-state index contributed by atoms with van der Waals surface area (Å²) in [5.41, 5.74) is 4.12. The van der Waals surface area contributed by atoms with E-state index >= 15 is 0 Å². The average molecular weight is 248 g/mol. The van der Waals surface area contributed by atoms with Crippen LogP contribution >= 0.6 is 0 Å². The molecule has 0 aliphatic carbocycles. The van der Waals surface area contributed by atoms with E-state index in [0.29, 0.717) is 6.10 Å². The van der Waals surface area contributed by atoms with Crippen molar-refractivity contribution in [3.05, 3.63) is 34.9 Å². The molecule has 1 aromatic carbocycles. The summed E-state index contributed by atoms with van der Waals surface area (Å²) in [5.74, 6) is 0. The Balaban J connectivity index is 1.89. The van der Waals surface area contributed by atoms with Crippen LogP contribution in [-0.4, -0.2) is 44.3 Å². The van der Waals surface area contributed by atoms with Gasteiger partial charge in [0.05, 0.1) is 12.7 Å². The number of nitrogens with one attached hydrogen (secondary N) is 1. The molecule has 0 radical (unpaired) electrons. The number of nitrogens with zero attached hydrogens (tertiary/aromatic N) is 1. The fourth-order valence-corrected chi connectivity index (χ4v) is 2.41. The van der Waals surface area contributed by atoms with Crippen LogP contribution in [0.5, 0.6) is 0 Å². The first-order valence-corrected chi connectivity index (χ1v) is 6.72. The van der Waals surface area contributed by atoms with E-state index in [-0.39, 0.29) is 0 Å². The SMILES string of the molecule is Cc1ccc(C)c(CN(C)CC2CNCCO2)c1. The first-order chi connectivity index (χ1) is 8.65. The maximum absolute atomic E-state index is 5.74. The Hall–Kier alpha value is -0.900. The van der Waals surface area contributed by atoms with Crippen molar-refractivity contribution in [3.8, 4) is 0 Å². The summed E-state index contributed by atoms with van der Waals surface area (Å²) in [6.07, 6.45) is 0.328. The van der Waals surface area contributed by atoms with Crippen molar-refractivity contribution in [2.75, 3.05) is 33.3 Å². The summed E-state index contributed by atoms with van der Waals surface area (Å²) >= 11 is 0. The fourth-order valence-electron chi connectivity index (χ4n) is 2.41. The molecule has 1 heterocycles. The molecule has 1 N–H and O–H groups in total. The lowest BCUT2D eigenvalue weighted by molar-refractivity contribution is 0.00882. The Morgan fingerprint density at radius 1 is 1.39 bits per heavy atom. The van der Waals surface area contributed by atoms with Crippen LogP contribution in [0.4, 0.5) is 0 Å². The highest BCUT2D eigenvalue weighted by Gasteiger charge is 2.15. The maximum atomic E-state index is 5.74. The molecule has 100 valence electrons. The number of benzene rings is 1. The predicted octanol–water partition coefficient (Wildman–Crippen LogP) is 1.72. The van der Waals surface area contributed by atoms with Gasteiger partial charge in [0.15, 0.2) is 0 Å². The van der Waals surface area contributed by atoms with Crippen molar-refractivity contribution in [3.63, 3.8) is 0 Å². The minimum Gasteiger partial charge on any atom is -0.374 e. The van der Waals surface area contributed by atoms with Gasteiger partial charge in [-0.05, 0) is 32.0 Å². The third kappa shape index (κ3) is 3.80. The van der Waals surface area contributed by atoms with E-state index in [9.17, 15) is 0 Å². The van der Waals surface area contributed by atoms with Crippen LogP contribution in [0.3, 0.4) is 0 Å². The van der Waals surface area contributed by atoms with Gasteiger partial charge in [-0.3, -0.25) is 4.90 Å². The summed E-state index contributed by atoms with van der Waals surface area (Å²) in [5, 5.41) is 3.37. The highest BCUT2D eigenvalue weighted by atomic mass is 16.5. The number of hydrogen-bond acceptors (Lipinski definition) is 3.